The molecule has 0 aromatic rings. The van der Waals surface area contributed by atoms with Crippen molar-refractivity contribution in [1.82, 2.24) is 0 Å². The molecule has 0 radical (unpaired) electrons. The molecule has 0 fully saturated rings. The van der Waals surface area contributed by atoms with Gasteiger partial charge in [-0.3, -0.25) is 23.2 Å². The quantitative estimate of drug-likeness (QED) is 0.474. The maximum absolute atomic E-state index is 11.8. The second kappa shape index (κ2) is 10.00. The molecule has 0 bridgehead atoms. The zero-order valence-corrected chi connectivity index (χ0v) is 13.1. The summed E-state index contributed by atoms with van der Waals surface area (Å²) in [4.78, 5) is 21.3. The molecule has 0 spiro atoms. The van der Waals surface area contributed by atoms with Crippen LogP contribution < -0.4 is 0 Å². The average molecular weight is 316 g/mol. The van der Waals surface area contributed by atoms with Crippen molar-refractivity contribution < 1.29 is 27.7 Å². The van der Waals surface area contributed by atoms with Gasteiger partial charge in [-0.2, -0.15) is 0 Å². The highest BCUT2D eigenvalue weighted by Crippen LogP contribution is 2.48. The van der Waals surface area contributed by atoms with Crippen LogP contribution in [0, 0.1) is 0 Å². The fourth-order valence-corrected chi connectivity index (χ4v) is 2.88. The summed E-state index contributed by atoms with van der Waals surface area (Å²) in [5, 5.41) is -0.0748. The predicted molar refractivity (Wildman–Crippen MR) is 72.8 cm³/mol. The molecule has 0 heterocycles. The van der Waals surface area contributed by atoms with Crippen molar-refractivity contribution in [3.05, 3.63) is 0 Å². The SMILES string of the molecule is COP(=O)(OCCSC(C)=O)OCCSC(C)=O. The Morgan fingerprint density at radius 1 is 1.00 bits per heavy atom. The van der Waals surface area contributed by atoms with Crippen LogP contribution in [-0.2, 0) is 27.7 Å². The maximum atomic E-state index is 11.8. The molecule has 0 rings (SSSR count). The minimum atomic E-state index is -3.57. The summed E-state index contributed by atoms with van der Waals surface area (Å²) in [5.41, 5.74) is 0. The van der Waals surface area contributed by atoms with E-state index >= 15 is 0 Å². The van der Waals surface area contributed by atoms with Crippen LogP contribution in [0.5, 0.6) is 0 Å². The van der Waals surface area contributed by atoms with Crippen molar-refractivity contribution in [1.29, 1.82) is 0 Å². The van der Waals surface area contributed by atoms with Crippen molar-refractivity contribution in [2.75, 3.05) is 31.8 Å². The van der Waals surface area contributed by atoms with Crippen LogP contribution >= 0.6 is 31.3 Å². The van der Waals surface area contributed by atoms with Crippen molar-refractivity contribution >= 4 is 41.6 Å². The Balaban J connectivity index is 3.84. The van der Waals surface area contributed by atoms with Crippen molar-refractivity contribution in [3.8, 4) is 0 Å². The predicted octanol–water partition coefficient (Wildman–Crippen LogP) is 2.33. The first-order valence-electron chi connectivity index (χ1n) is 5.11. The Kier molecular flexibility index (Phi) is 10.1. The number of carbonyl (C=O) groups is 2. The monoisotopic (exact) mass is 316 g/mol. The van der Waals surface area contributed by atoms with E-state index in [9.17, 15) is 14.2 Å². The Bertz CT molecular complexity index is 296. The van der Waals surface area contributed by atoms with Crippen molar-refractivity contribution in [3.63, 3.8) is 0 Å². The molecule has 106 valence electrons. The minimum Gasteiger partial charge on any atom is -0.290 e. The van der Waals surface area contributed by atoms with Gasteiger partial charge in [0.25, 0.3) is 0 Å². The molecule has 0 aliphatic carbocycles. The lowest BCUT2D eigenvalue weighted by Crippen LogP contribution is -2.04. The van der Waals surface area contributed by atoms with Gasteiger partial charge >= 0.3 is 7.82 Å². The van der Waals surface area contributed by atoms with E-state index in [0.717, 1.165) is 23.5 Å². The molecule has 0 aromatic heterocycles. The van der Waals surface area contributed by atoms with Gasteiger partial charge in [0.05, 0.1) is 13.2 Å². The Labute approximate surface area is 115 Å². The maximum Gasteiger partial charge on any atom is 0.474 e. The summed E-state index contributed by atoms with van der Waals surface area (Å²) in [7, 11) is -2.35. The number of thioether (sulfide) groups is 2. The molecule has 0 aliphatic rings. The van der Waals surface area contributed by atoms with E-state index in [1.807, 2.05) is 0 Å². The van der Waals surface area contributed by atoms with E-state index in [1.165, 1.54) is 21.0 Å². The topological polar surface area (TPSA) is 78.9 Å². The summed E-state index contributed by atoms with van der Waals surface area (Å²) >= 11 is 2.14. The van der Waals surface area contributed by atoms with Gasteiger partial charge in [0.15, 0.2) is 10.2 Å². The molecule has 0 saturated carbocycles. The Morgan fingerprint density at radius 3 is 1.67 bits per heavy atom. The van der Waals surface area contributed by atoms with E-state index < -0.39 is 7.82 Å². The summed E-state index contributed by atoms with van der Waals surface area (Å²) in [6, 6.07) is 0. The van der Waals surface area contributed by atoms with Crippen LogP contribution in [0.2, 0.25) is 0 Å². The van der Waals surface area contributed by atoms with Crippen LogP contribution in [0.15, 0.2) is 0 Å². The van der Waals surface area contributed by atoms with Gasteiger partial charge in [-0.25, -0.2) is 4.57 Å². The lowest BCUT2D eigenvalue weighted by molar-refractivity contribution is -0.109. The first-order valence-corrected chi connectivity index (χ1v) is 8.54. The lowest BCUT2D eigenvalue weighted by atomic mass is 10.9. The molecule has 0 aliphatic heterocycles. The molecule has 0 amide bonds. The van der Waals surface area contributed by atoms with Crippen LogP contribution in [-0.4, -0.2) is 42.1 Å². The van der Waals surface area contributed by atoms with Crippen LogP contribution in [0.3, 0.4) is 0 Å². The average Bonchev–Trinajstić information content (AvgIpc) is 2.30. The molecule has 0 N–H and O–H groups in total. The number of rotatable bonds is 9. The van der Waals surface area contributed by atoms with Crippen LogP contribution in [0.25, 0.3) is 0 Å². The largest absolute Gasteiger partial charge is 0.474 e. The molecular formula is C9H17O6PS2. The first kappa shape index (κ1) is 18.1. The summed E-state index contributed by atoms with van der Waals surface area (Å²) in [6.45, 7) is 3.07. The van der Waals surface area contributed by atoms with Gasteiger partial charge < -0.3 is 0 Å². The molecule has 9 heteroatoms. The fraction of sp³-hybridized carbons (Fsp3) is 0.778. The fourth-order valence-electron chi connectivity index (χ4n) is 0.812. The van der Waals surface area contributed by atoms with E-state index in [-0.39, 0.29) is 23.4 Å². The second-order valence-electron chi connectivity index (χ2n) is 2.98. The zero-order chi connectivity index (χ0) is 14.0. The first-order chi connectivity index (χ1) is 8.39. The van der Waals surface area contributed by atoms with Gasteiger partial charge in [0, 0.05) is 32.5 Å². The molecule has 18 heavy (non-hydrogen) atoms. The normalized spacial score (nSPS) is 11.5. The number of hydrogen-bond donors (Lipinski definition) is 0. The van der Waals surface area contributed by atoms with E-state index in [2.05, 4.69) is 4.52 Å². The van der Waals surface area contributed by atoms with Crippen molar-refractivity contribution in [2.24, 2.45) is 0 Å². The molecule has 6 nitrogen and oxygen atoms in total. The van der Waals surface area contributed by atoms with E-state index in [0.29, 0.717) is 11.5 Å². The molecule has 0 unspecified atom stereocenters. The van der Waals surface area contributed by atoms with Gasteiger partial charge in [-0.05, 0) is 0 Å². The molecule has 0 atom stereocenters. The van der Waals surface area contributed by atoms with Crippen molar-refractivity contribution in [2.45, 2.75) is 13.8 Å². The van der Waals surface area contributed by atoms with Gasteiger partial charge in [0.2, 0.25) is 0 Å². The minimum absolute atomic E-state index is 0.0374. The van der Waals surface area contributed by atoms with Gasteiger partial charge in [-0.15, -0.1) is 0 Å². The molecule has 0 saturated heterocycles. The van der Waals surface area contributed by atoms with Crippen LogP contribution in [0.4, 0.5) is 0 Å². The lowest BCUT2D eigenvalue weighted by Gasteiger charge is -2.15. The zero-order valence-electron chi connectivity index (χ0n) is 10.5. The van der Waals surface area contributed by atoms with E-state index in [1.54, 1.807) is 0 Å². The smallest absolute Gasteiger partial charge is 0.290 e. The summed E-state index contributed by atoms with van der Waals surface area (Å²) in [6.07, 6.45) is 0. The highest BCUT2D eigenvalue weighted by molar-refractivity contribution is 8.13. The Hall–Kier alpha value is 0.150. The molecular weight excluding hydrogens is 299 g/mol. The van der Waals surface area contributed by atoms with E-state index in [4.69, 9.17) is 9.05 Å². The third kappa shape index (κ3) is 10.1. The van der Waals surface area contributed by atoms with Crippen LogP contribution in [0.1, 0.15) is 13.8 Å². The Morgan fingerprint density at radius 2 is 1.39 bits per heavy atom. The molecule has 0 aromatic carbocycles. The summed E-state index contributed by atoms with van der Waals surface area (Å²) < 4.78 is 26.5. The standard InChI is InChI=1S/C9H17O6PS2/c1-8(10)17-6-4-14-16(12,13-3)15-5-7-18-9(2)11/h4-7H2,1-3H3. The number of phosphoric ester groups is 1. The highest BCUT2D eigenvalue weighted by atomic mass is 32.2. The number of phosphoric acid groups is 1. The van der Waals surface area contributed by atoms with Gasteiger partial charge in [-0.1, -0.05) is 23.5 Å². The number of carbonyl (C=O) groups excluding carboxylic acids is 2. The third-order valence-electron chi connectivity index (χ3n) is 1.50. The number of hydrogen-bond acceptors (Lipinski definition) is 8. The van der Waals surface area contributed by atoms with Gasteiger partial charge in [0.1, 0.15) is 0 Å². The third-order valence-corrected chi connectivity index (χ3v) is 4.50. The summed E-state index contributed by atoms with van der Waals surface area (Å²) in [5.74, 6) is 0.766. The second-order valence-corrected chi connectivity index (χ2v) is 7.30. The highest BCUT2D eigenvalue weighted by Gasteiger charge is 2.24.